The van der Waals surface area contributed by atoms with E-state index >= 15 is 0 Å². The van der Waals surface area contributed by atoms with Gasteiger partial charge in [-0.25, -0.2) is 14.3 Å². The molecular weight excluding hydrogens is 300 g/mol. The summed E-state index contributed by atoms with van der Waals surface area (Å²) < 4.78 is 7.06. The number of fused-ring (bicyclic) bond motifs is 1. The minimum absolute atomic E-state index is 0.151. The van der Waals surface area contributed by atoms with Gasteiger partial charge < -0.3 is 25.2 Å². The Balaban J connectivity index is 2.18. The van der Waals surface area contributed by atoms with E-state index in [1.165, 1.54) is 0 Å². The van der Waals surface area contributed by atoms with E-state index in [9.17, 15) is 19.8 Å². The molecular formula is C11H12N4O7. The number of rotatable bonds is 2. The smallest absolute Gasteiger partial charge is 0.418 e. The molecule has 0 aliphatic carbocycles. The zero-order chi connectivity index (χ0) is 16.0. The van der Waals surface area contributed by atoms with Gasteiger partial charge in [-0.3, -0.25) is 9.36 Å². The lowest BCUT2D eigenvalue weighted by molar-refractivity contribution is -0.0512. The van der Waals surface area contributed by atoms with Crippen LogP contribution in [0.4, 0.5) is 4.79 Å². The van der Waals surface area contributed by atoms with Gasteiger partial charge in [0.25, 0.3) is 0 Å². The van der Waals surface area contributed by atoms with Gasteiger partial charge in [-0.2, -0.15) is 4.98 Å². The highest BCUT2D eigenvalue weighted by Gasteiger charge is 2.44. The van der Waals surface area contributed by atoms with Gasteiger partial charge >= 0.3 is 11.7 Å². The lowest BCUT2D eigenvalue weighted by Crippen LogP contribution is -2.33. The fraction of sp³-hybridized carbons (Fsp3) is 0.455. The third-order valence-corrected chi connectivity index (χ3v) is 3.49. The standard InChI is InChI=1S/C11H12N4O7/c16-1-4-6(17)7(18)10(22-4)14-2-12-5-8(19)13-3-15(9(5)14)11(20)21/h2-4,6-7,10,16-18H,1H2,(H,20,21)/t4-,6-,7-,10-/m1/s1. The van der Waals surface area contributed by atoms with Crippen molar-refractivity contribution in [3.05, 3.63) is 23.0 Å². The summed E-state index contributed by atoms with van der Waals surface area (Å²) in [5, 5.41) is 38.0. The van der Waals surface area contributed by atoms with Crippen LogP contribution in [0.3, 0.4) is 0 Å². The van der Waals surface area contributed by atoms with E-state index in [1.807, 2.05) is 0 Å². The fourth-order valence-corrected chi connectivity index (χ4v) is 2.41. The van der Waals surface area contributed by atoms with Crippen LogP contribution in [-0.2, 0) is 4.74 Å². The highest BCUT2D eigenvalue weighted by atomic mass is 16.6. The van der Waals surface area contributed by atoms with Crippen molar-refractivity contribution in [1.29, 1.82) is 0 Å². The summed E-state index contributed by atoms with van der Waals surface area (Å²) in [7, 11) is 0. The van der Waals surface area contributed by atoms with Gasteiger partial charge in [0.1, 0.15) is 24.6 Å². The number of aromatic nitrogens is 4. The van der Waals surface area contributed by atoms with Crippen LogP contribution in [0.1, 0.15) is 6.23 Å². The number of hydrogen-bond acceptors (Lipinski definition) is 8. The number of carboxylic acid groups (broad SMARTS) is 1. The molecule has 1 fully saturated rings. The largest absolute Gasteiger partial charge is 0.464 e. The van der Waals surface area contributed by atoms with Crippen LogP contribution in [0.2, 0.25) is 0 Å². The van der Waals surface area contributed by atoms with Gasteiger partial charge in [0.05, 0.1) is 12.9 Å². The molecule has 0 amide bonds. The Hall–Kier alpha value is -2.34. The van der Waals surface area contributed by atoms with Gasteiger partial charge in [0.15, 0.2) is 17.4 Å². The number of imidazole rings is 1. The second kappa shape index (κ2) is 5.14. The molecule has 11 heteroatoms. The number of nitrogens with zero attached hydrogens (tertiary/aromatic N) is 4. The molecule has 3 rings (SSSR count). The molecule has 0 bridgehead atoms. The third kappa shape index (κ3) is 1.99. The van der Waals surface area contributed by atoms with Crippen LogP contribution in [0, 0.1) is 0 Å². The normalized spacial score (nSPS) is 28.3. The van der Waals surface area contributed by atoms with E-state index in [2.05, 4.69) is 9.97 Å². The molecule has 118 valence electrons. The van der Waals surface area contributed by atoms with Crippen LogP contribution in [0.15, 0.2) is 17.4 Å². The van der Waals surface area contributed by atoms with Crippen molar-refractivity contribution in [2.75, 3.05) is 6.61 Å². The molecule has 2 aromatic heterocycles. The highest BCUT2D eigenvalue weighted by molar-refractivity contribution is 5.82. The van der Waals surface area contributed by atoms with Gasteiger partial charge in [0.2, 0.25) is 0 Å². The molecule has 3 heterocycles. The second-order valence-corrected chi connectivity index (χ2v) is 4.76. The van der Waals surface area contributed by atoms with Crippen LogP contribution in [-0.4, -0.2) is 70.5 Å². The molecule has 0 unspecified atom stereocenters. The summed E-state index contributed by atoms with van der Waals surface area (Å²) in [6.45, 7) is -0.533. The zero-order valence-corrected chi connectivity index (χ0v) is 11.0. The van der Waals surface area contributed by atoms with E-state index in [0.717, 1.165) is 17.2 Å². The maximum Gasteiger partial charge on any atom is 0.418 e. The molecule has 4 N–H and O–H groups in total. The van der Waals surface area contributed by atoms with E-state index in [1.54, 1.807) is 0 Å². The summed E-state index contributed by atoms with van der Waals surface area (Å²) >= 11 is 0. The first kappa shape index (κ1) is 14.6. The monoisotopic (exact) mass is 312 g/mol. The average molecular weight is 312 g/mol. The highest BCUT2D eigenvalue weighted by Crippen LogP contribution is 2.31. The maximum atomic E-state index is 11.7. The third-order valence-electron chi connectivity index (χ3n) is 3.49. The molecule has 2 aromatic rings. The first-order valence-electron chi connectivity index (χ1n) is 6.25. The lowest BCUT2D eigenvalue weighted by Gasteiger charge is -2.17. The van der Waals surface area contributed by atoms with Crippen LogP contribution in [0.5, 0.6) is 0 Å². The Kier molecular flexibility index (Phi) is 3.41. The summed E-state index contributed by atoms with van der Waals surface area (Å²) in [4.78, 5) is 30.1. The van der Waals surface area contributed by atoms with Crippen molar-refractivity contribution >= 4 is 17.3 Å². The van der Waals surface area contributed by atoms with E-state index in [-0.39, 0.29) is 11.2 Å². The molecule has 4 atom stereocenters. The van der Waals surface area contributed by atoms with E-state index in [4.69, 9.17) is 14.9 Å². The van der Waals surface area contributed by atoms with Crippen molar-refractivity contribution in [3.8, 4) is 0 Å². The summed E-state index contributed by atoms with van der Waals surface area (Å²) in [6, 6.07) is 0. The quantitative estimate of drug-likeness (QED) is 0.479. The number of aliphatic hydroxyl groups excluding tert-OH is 3. The zero-order valence-electron chi connectivity index (χ0n) is 11.0. The van der Waals surface area contributed by atoms with Gasteiger partial charge in [0, 0.05) is 0 Å². The molecule has 0 saturated carbocycles. The molecule has 11 nitrogen and oxygen atoms in total. The Morgan fingerprint density at radius 1 is 1.27 bits per heavy atom. The average Bonchev–Trinajstić information content (AvgIpc) is 3.03. The summed E-state index contributed by atoms with van der Waals surface area (Å²) in [5.74, 6) is 0. The van der Waals surface area contributed by atoms with Gasteiger partial charge in [-0.15, -0.1) is 0 Å². The number of carbonyl (C=O) groups is 1. The Bertz CT molecular complexity index is 784. The van der Waals surface area contributed by atoms with Crippen LogP contribution < -0.4 is 5.56 Å². The number of ether oxygens (including phenoxy) is 1. The molecule has 1 aliphatic heterocycles. The molecule has 0 aromatic carbocycles. The Morgan fingerprint density at radius 2 is 2.00 bits per heavy atom. The number of hydrogen-bond donors (Lipinski definition) is 4. The van der Waals surface area contributed by atoms with Gasteiger partial charge in [-0.05, 0) is 0 Å². The first-order valence-corrected chi connectivity index (χ1v) is 6.25. The Labute approximate surface area is 121 Å². The fourth-order valence-electron chi connectivity index (χ4n) is 2.41. The summed E-state index contributed by atoms with van der Waals surface area (Å²) in [6.07, 6.45) is -4.53. The molecule has 0 spiro atoms. The first-order chi connectivity index (χ1) is 10.5. The van der Waals surface area contributed by atoms with Crippen LogP contribution in [0.25, 0.3) is 11.2 Å². The predicted molar refractivity (Wildman–Crippen MR) is 68.2 cm³/mol. The van der Waals surface area contributed by atoms with Crippen molar-refractivity contribution in [3.63, 3.8) is 0 Å². The second-order valence-electron chi connectivity index (χ2n) is 4.76. The van der Waals surface area contributed by atoms with Crippen LogP contribution >= 0.6 is 0 Å². The van der Waals surface area contributed by atoms with E-state index in [0.29, 0.717) is 4.57 Å². The SMILES string of the molecule is O=C(O)n1cnc(=O)c2ncn([C@@H]3O[C@H](CO)[C@@H](O)[C@H]3O)c21. The molecule has 1 saturated heterocycles. The summed E-state index contributed by atoms with van der Waals surface area (Å²) in [5.41, 5.74) is -1.11. The predicted octanol–water partition coefficient (Wildman–Crippen LogP) is -2.27. The van der Waals surface area contributed by atoms with Crippen molar-refractivity contribution < 1.29 is 30.0 Å². The van der Waals surface area contributed by atoms with E-state index < -0.39 is 42.8 Å². The maximum absolute atomic E-state index is 11.7. The van der Waals surface area contributed by atoms with Crippen molar-refractivity contribution in [2.24, 2.45) is 0 Å². The molecule has 0 radical (unpaired) electrons. The minimum atomic E-state index is -1.43. The molecule has 1 aliphatic rings. The minimum Gasteiger partial charge on any atom is -0.464 e. The molecule has 22 heavy (non-hydrogen) atoms. The van der Waals surface area contributed by atoms with Crippen molar-refractivity contribution in [1.82, 2.24) is 19.1 Å². The Morgan fingerprint density at radius 3 is 2.59 bits per heavy atom. The lowest BCUT2D eigenvalue weighted by atomic mass is 10.1. The van der Waals surface area contributed by atoms with Crippen molar-refractivity contribution in [2.45, 2.75) is 24.5 Å². The number of aliphatic hydroxyl groups is 3. The topological polar surface area (TPSA) is 160 Å². The van der Waals surface area contributed by atoms with Gasteiger partial charge in [-0.1, -0.05) is 0 Å².